The summed E-state index contributed by atoms with van der Waals surface area (Å²) in [6.07, 6.45) is 5.87. The molecule has 0 aromatic rings. The van der Waals surface area contributed by atoms with Gasteiger partial charge in [-0.15, -0.1) is 0 Å². The molecule has 5 rings (SSSR count). The first-order chi connectivity index (χ1) is 13.5. The average molecular weight is 409 g/mol. The summed E-state index contributed by atoms with van der Waals surface area (Å²) in [5.74, 6) is -0.222. The minimum atomic E-state index is -1.18. The Labute approximate surface area is 172 Å². The van der Waals surface area contributed by atoms with Crippen LogP contribution in [0, 0.1) is 28.6 Å². The van der Waals surface area contributed by atoms with Crippen molar-refractivity contribution in [2.24, 2.45) is 28.6 Å². The van der Waals surface area contributed by atoms with E-state index in [9.17, 15) is 25.2 Å². The van der Waals surface area contributed by atoms with Crippen LogP contribution in [0.25, 0.3) is 0 Å². The predicted molar refractivity (Wildman–Crippen MR) is 105 cm³/mol. The Hall–Kier alpha value is -0.690. The summed E-state index contributed by atoms with van der Waals surface area (Å²) >= 11 is 0. The van der Waals surface area contributed by atoms with E-state index in [1.807, 2.05) is 0 Å². The van der Waals surface area contributed by atoms with Crippen molar-refractivity contribution < 1.29 is 30.0 Å². The minimum absolute atomic E-state index is 0.0206. The van der Waals surface area contributed by atoms with Gasteiger partial charge in [-0.1, -0.05) is 13.8 Å². The molecule has 0 radical (unpaired) electrons. The van der Waals surface area contributed by atoms with Crippen molar-refractivity contribution in [3.05, 3.63) is 0 Å². The number of fused-ring (bicyclic) bond motifs is 5. The van der Waals surface area contributed by atoms with Crippen molar-refractivity contribution in [3.8, 4) is 0 Å². The van der Waals surface area contributed by atoms with Crippen LogP contribution in [0.1, 0.15) is 78.1 Å². The van der Waals surface area contributed by atoms with Crippen molar-refractivity contribution in [1.29, 1.82) is 0 Å². The molecule has 5 fully saturated rings. The monoisotopic (exact) mass is 408 g/mol. The number of carbonyl (C=O) groups excluding carboxylic acids is 1. The number of hydrogen-bond donors (Lipinski definition) is 4. The lowest BCUT2D eigenvalue weighted by Crippen LogP contribution is -2.68. The first-order valence-electron chi connectivity index (χ1n) is 11.5. The van der Waals surface area contributed by atoms with Crippen LogP contribution in [0.2, 0.25) is 0 Å². The van der Waals surface area contributed by atoms with Gasteiger partial charge in [0, 0.05) is 11.8 Å². The lowest BCUT2D eigenvalue weighted by atomic mass is 9.41. The molecular formula is C23H36O6. The first-order valence-corrected chi connectivity index (χ1v) is 11.5. The Morgan fingerprint density at radius 1 is 0.897 bits per heavy atom. The third-order valence-corrected chi connectivity index (χ3v) is 10.5. The summed E-state index contributed by atoms with van der Waals surface area (Å²) in [6.45, 7) is 4.31. The van der Waals surface area contributed by atoms with E-state index in [2.05, 4.69) is 13.8 Å². The second-order valence-electron chi connectivity index (χ2n) is 11.5. The van der Waals surface area contributed by atoms with Gasteiger partial charge in [-0.2, -0.15) is 0 Å². The van der Waals surface area contributed by atoms with E-state index in [4.69, 9.17) is 4.74 Å². The van der Waals surface area contributed by atoms with Gasteiger partial charge in [0.15, 0.2) is 0 Å². The summed E-state index contributed by atoms with van der Waals surface area (Å²) in [4.78, 5) is 11.8. The number of rotatable bonds is 1. The quantitative estimate of drug-likeness (QED) is 0.494. The van der Waals surface area contributed by atoms with Crippen LogP contribution >= 0.6 is 0 Å². The van der Waals surface area contributed by atoms with Crippen molar-refractivity contribution in [3.63, 3.8) is 0 Å². The number of hydrogen-bond acceptors (Lipinski definition) is 6. The van der Waals surface area contributed by atoms with Gasteiger partial charge in [0.05, 0.1) is 23.7 Å². The molecule has 4 N–H and O–H groups in total. The van der Waals surface area contributed by atoms with Gasteiger partial charge in [-0.3, -0.25) is 4.79 Å². The molecule has 0 amide bonds. The lowest BCUT2D eigenvalue weighted by molar-refractivity contribution is -0.261. The molecule has 29 heavy (non-hydrogen) atoms. The van der Waals surface area contributed by atoms with E-state index in [1.54, 1.807) is 0 Å². The zero-order valence-electron chi connectivity index (χ0n) is 17.7. The molecule has 0 aromatic heterocycles. The van der Waals surface area contributed by atoms with Gasteiger partial charge in [-0.05, 0) is 74.5 Å². The second-order valence-corrected chi connectivity index (χ2v) is 11.5. The molecule has 1 heterocycles. The fourth-order valence-corrected chi connectivity index (χ4v) is 8.84. The maximum Gasteiger partial charge on any atom is 0.308 e. The number of aliphatic hydroxyl groups is 4. The summed E-state index contributed by atoms with van der Waals surface area (Å²) in [5, 5.41) is 45.1. The van der Waals surface area contributed by atoms with E-state index in [1.165, 1.54) is 0 Å². The first kappa shape index (κ1) is 20.2. The summed E-state index contributed by atoms with van der Waals surface area (Å²) in [6, 6.07) is 0. The second kappa shape index (κ2) is 5.96. The predicted octanol–water partition coefficient (Wildman–Crippen LogP) is 1.91. The van der Waals surface area contributed by atoms with Crippen LogP contribution in [0.15, 0.2) is 0 Å². The number of carbonyl (C=O) groups is 1. The molecule has 1 saturated heterocycles. The Kier molecular flexibility index (Phi) is 4.16. The number of esters is 1. The van der Waals surface area contributed by atoms with Crippen LogP contribution in [-0.2, 0) is 9.53 Å². The van der Waals surface area contributed by atoms with Crippen LogP contribution in [0.3, 0.4) is 0 Å². The molecule has 5 aliphatic rings. The molecule has 0 spiro atoms. The zero-order valence-corrected chi connectivity index (χ0v) is 17.7. The van der Waals surface area contributed by atoms with E-state index >= 15 is 0 Å². The standard InChI is InChI=1S/C23H36O6/c1-19-7-3-14(24)11-22(19,27)9-5-16-15(19)4-8-20(2)17(6-10-23(16,20)28)21(26)12-18(25)29-13-21/h14-17,24,26-28H,3-13H2,1-2H3. The third-order valence-electron chi connectivity index (χ3n) is 10.5. The van der Waals surface area contributed by atoms with Crippen LogP contribution < -0.4 is 0 Å². The molecule has 0 bridgehead atoms. The Morgan fingerprint density at radius 3 is 2.28 bits per heavy atom. The highest BCUT2D eigenvalue weighted by Gasteiger charge is 2.72. The Balaban J connectivity index is 1.49. The van der Waals surface area contributed by atoms with E-state index in [0.717, 1.165) is 25.7 Å². The summed E-state index contributed by atoms with van der Waals surface area (Å²) in [5.41, 5.74) is -3.71. The maximum atomic E-state index is 12.1. The molecular weight excluding hydrogens is 372 g/mol. The molecule has 0 aromatic carbocycles. The molecule has 6 heteroatoms. The number of ether oxygens (including phenoxy) is 1. The summed E-state index contributed by atoms with van der Waals surface area (Å²) in [7, 11) is 0. The normalized spacial score (nSPS) is 59.6. The smallest absolute Gasteiger partial charge is 0.308 e. The van der Waals surface area contributed by atoms with Gasteiger partial charge in [0.25, 0.3) is 0 Å². The Morgan fingerprint density at radius 2 is 1.59 bits per heavy atom. The largest absolute Gasteiger partial charge is 0.462 e. The van der Waals surface area contributed by atoms with Crippen molar-refractivity contribution >= 4 is 5.97 Å². The van der Waals surface area contributed by atoms with E-state index < -0.39 is 28.3 Å². The molecule has 9 atom stereocenters. The topological polar surface area (TPSA) is 107 Å². The van der Waals surface area contributed by atoms with Gasteiger partial charge >= 0.3 is 5.97 Å². The van der Waals surface area contributed by atoms with Crippen LogP contribution in [0.4, 0.5) is 0 Å². The van der Waals surface area contributed by atoms with Crippen LogP contribution in [0.5, 0.6) is 0 Å². The van der Waals surface area contributed by atoms with Gasteiger partial charge in [0.1, 0.15) is 12.2 Å². The van der Waals surface area contributed by atoms with Crippen LogP contribution in [-0.4, -0.2) is 55.9 Å². The number of cyclic esters (lactones) is 1. The van der Waals surface area contributed by atoms with Gasteiger partial charge < -0.3 is 25.2 Å². The fourth-order valence-electron chi connectivity index (χ4n) is 8.84. The molecule has 4 saturated carbocycles. The number of aliphatic hydroxyl groups excluding tert-OH is 1. The SMILES string of the molecule is CC12CCC(O)CC1(O)CCC1C2CCC2(C)C(C3(O)COC(=O)C3)CCC12O. The highest BCUT2D eigenvalue weighted by atomic mass is 16.6. The highest BCUT2D eigenvalue weighted by molar-refractivity contribution is 5.73. The highest BCUT2D eigenvalue weighted by Crippen LogP contribution is 2.71. The zero-order chi connectivity index (χ0) is 20.9. The molecule has 164 valence electrons. The maximum absolute atomic E-state index is 12.1. The lowest BCUT2D eigenvalue weighted by Gasteiger charge is -2.66. The van der Waals surface area contributed by atoms with E-state index in [-0.39, 0.29) is 42.2 Å². The van der Waals surface area contributed by atoms with Gasteiger partial charge in [-0.25, -0.2) is 0 Å². The van der Waals surface area contributed by atoms with Gasteiger partial charge in [0.2, 0.25) is 0 Å². The van der Waals surface area contributed by atoms with Crippen molar-refractivity contribution in [2.45, 2.75) is 101 Å². The molecule has 1 aliphatic heterocycles. The minimum Gasteiger partial charge on any atom is -0.462 e. The molecule has 6 nitrogen and oxygen atoms in total. The molecule has 9 unspecified atom stereocenters. The van der Waals surface area contributed by atoms with Crippen molar-refractivity contribution in [1.82, 2.24) is 0 Å². The van der Waals surface area contributed by atoms with Crippen molar-refractivity contribution in [2.75, 3.05) is 6.61 Å². The fraction of sp³-hybridized carbons (Fsp3) is 0.957. The Bertz CT molecular complexity index is 726. The average Bonchev–Trinajstić information content (AvgIpc) is 3.13. The molecule has 4 aliphatic carbocycles. The summed E-state index contributed by atoms with van der Waals surface area (Å²) < 4.78 is 5.13. The van der Waals surface area contributed by atoms with E-state index in [0.29, 0.717) is 32.1 Å². The third kappa shape index (κ3) is 2.40.